The van der Waals surface area contributed by atoms with Crippen molar-refractivity contribution in [2.75, 3.05) is 27.3 Å². The summed E-state index contributed by atoms with van der Waals surface area (Å²) in [5, 5.41) is 5.41. The van der Waals surface area contributed by atoms with E-state index in [1.165, 1.54) is 23.9 Å². The highest BCUT2D eigenvalue weighted by atomic mass is 32.2. The molecular formula is C23H29FN4O3S. The van der Waals surface area contributed by atoms with Crippen molar-refractivity contribution >= 4 is 28.7 Å². The van der Waals surface area contributed by atoms with Gasteiger partial charge < -0.3 is 19.9 Å². The summed E-state index contributed by atoms with van der Waals surface area (Å²) in [4.78, 5) is 34.2. The summed E-state index contributed by atoms with van der Waals surface area (Å²) in [6.07, 6.45) is 0.133. The third kappa shape index (κ3) is 5.05. The predicted octanol–water partition coefficient (Wildman–Crippen LogP) is 3.42. The molecule has 2 heterocycles. The Labute approximate surface area is 192 Å². The Morgan fingerprint density at radius 2 is 2.00 bits per heavy atom. The lowest BCUT2D eigenvalue weighted by molar-refractivity contribution is -0.128. The van der Waals surface area contributed by atoms with Crippen LogP contribution in [0, 0.1) is 5.82 Å². The summed E-state index contributed by atoms with van der Waals surface area (Å²) < 4.78 is 18.7. The molecule has 0 radical (unpaired) electrons. The van der Waals surface area contributed by atoms with E-state index in [2.05, 4.69) is 10.3 Å². The lowest BCUT2D eigenvalue weighted by atomic mass is 9.92. The van der Waals surface area contributed by atoms with Crippen molar-refractivity contribution in [3.05, 3.63) is 58.0 Å². The molecule has 0 saturated heterocycles. The average Bonchev–Trinajstić information content (AvgIpc) is 3.14. The van der Waals surface area contributed by atoms with Crippen molar-refractivity contribution in [3.63, 3.8) is 0 Å². The van der Waals surface area contributed by atoms with E-state index in [0.717, 1.165) is 11.3 Å². The third-order valence-electron chi connectivity index (χ3n) is 5.48. The van der Waals surface area contributed by atoms with Gasteiger partial charge in [-0.1, -0.05) is 23.9 Å². The fourth-order valence-corrected chi connectivity index (χ4v) is 4.51. The number of carbonyl (C=O) groups is 2. The van der Waals surface area contributed by atoms with Crippen LogP contribution < -0.4 is 5.32 Å². The molecule has 1 N–H and O–H groups in total. The van der Waals surface area contributed by atoms with Crippen molar-refractivity contribution in [1.82, 2.24) is 15.1 Å². The van der Waals surface area contributed by atoms with Crippen molar-refractivity contribution in [1.29, 1.82) is 0 Å². The standard InChI is InChI=1S/C23H29FN4O3S/c1-14(2)27(4)22(30)20-15(3)26-23-28(21(20)16-6-8-17(24)9-7-16)18(13-32-23)12-19(29)25-10-11-31-5/h6-9,13-14,21H,10-12H2,1-5H3,(H,25,29). The molecule has 0 aliphatic carbocycles. The number of halogens is 1. The van der Waals surface area contributed by atoms with E-state index < -0.39 is 6.04 Å². The van der Waals surface area contributed by atoms with Crippen LogP contribution in [0.3, 0.4) is 0 Å². The molecule has 0 aromatic heterocycles. The summed E-state index contributed by atoms with van der Waals surface area (Å²) in [7, 11) is 3.33. The number of fused-ring (bicyclic) bond motifs is 1. The highest BCUT2D eigenvalue weighted by molar-refractivity contribution is 8.16. The summed E-state index contributed by atoms with van der Waals surface area (Å²) in [5.41, 5.74) is 2.63. The average molecular weight is 461 g/mol. The zero-order chi connectivity index (χ0) is 23.4. The Morgan fingerprint density at radius 3 is 2.62 bits per heavy atom. The Hall–Kier alpha value is -2.65. The number of rotatable bonds is 8. The number of carbonyl (C=O) groups excluding carboxylic acids is 2. The maximum absolute atomic E-state index is 13.7. The van der Waals surface area contributed by atoms with Gasteiger partial charge in [0.15, 0.2) is 5.17 Å². The van der Waals surface area contributed by atoms with Crippen molar-refractivity contribution < 1.29 is 18.7 Å². The largest absolute Gasteiger partial charge is 0.383 e. The van der Waals surface area contributed by atoms with Crippen LogP contribution in [0.1, 0.15) is 38.8 Å². The Morgan fingerprint density at radius 1 is 1.31 bits per heavy atom. The number of hydrogen-bond donors (Lipinski definition) is 1. The quantitative estimate of drug-likeness (QED) is 0.602. The van der Waals surface area contributed by atoms with Crippen molar-refractivity contribution in [2.45, 2.75) is 39.3 Å². The number of thioether (sulfide) groups is 1. The molecule has 1 aromatic carbocycles. The number of nitrogens with one attached hydrogen (secondary N) is 1. The fraction of sp³-hybridized carbons (Fsp3) is 0.435. The van der Waals surface area contributed by atoms with Gasteiger partial charge in [-0.25, -0.2) is 9.38 Å². The third-order valence-corrected chi connectivity index (χ3v) is 6.37. The number of likely N-dealkylation sites (N-methyl/N-ethyl adjacent to an activating group) is 1. The monoisotopic (exact) mass is 460 g/mol. The molecular weight excluding hydrogens is 431 g/mol. The molecule has 2 aliphatic rings. The molecule has 0 fully saturated rings. The van der Waals surface area contributed by atoms with E-state index in [9.17, 15) is 14.0 Å². The normalized spacial score (nSPS) is 17.8. The number of allylic oxidation sites excluding steroid dienone is 1. The molecule has 0 saturated carbocycles. The lowest BCUT2D eigenvalue weighted by Gasteiger charge is -2.38. The number of hydrogen-bond acceptors (Lipinski definition) is 6. The number of methoxy groups -OCH3 is 1. The first-order valence-electron chi connectivity index (χ1n) is 10.5. The molecule has 3 rings (SSSR count). The van der Waals surface area contributed by atoms with Crippen molar-refractivity contribution in [2.24, 2.45) is 4.99 Å². The van der Waals surface area contributed by atoms with E-state index in [0.29, 0.717) is 29.6 Å². The van der Waals surface area contributed by atoms with Gasteiger partial charge in [0.2, 0.25) is 5.91 Å². The minimum absolute atomic E-state index is 0.00317. The van der Waals surface area contributed by atoms with Gasteiger partial charge in [0, 0.05) is 32.4 Å². The number of nitrogens with zero attached hydrogens (tertiary/aromatic N) is 3. The lowest BCUT2D eigenvalue weighted by Crippen LogP contribution is -2.42. The molecule has 172 valence electrons. The van der Waals surface area contributed by atoms with Crippen LogP contribution in [0.15, 0.2) is 51.6 Å². The molecule has 7 nitrogen and oxygen atoms in total. The summed E-state index contributed by atoms with van der Waals surface area (Å²) in [5.74, 6) is -0.641. The summed E-state index contributed by atoms with van der Waals surface area (Å²) >= 11 is 1.41. The second-order valence-electron chi connectivity index (χ2n) is 7.97. The molecule has 2 amide bonds. The van der Waals surface area contributed by atoms with Gasteiger partial charge in [-0.2, -0.15) is 0 Å². The van der Waals surface area contributed by atoms with Crippen LogP contribution in [0.2, 0.25) is 0 Å². The first-order chi connectivity index (χ1) is 15.2. The van der Waals surface area contributed by atoms with Crippen LogP contribution in [0.5, 0.6) is 0 Å². The molecule has 0 bridgehead atoms. The van der Waals surface area contributed by atoms with E-state index >= 15 is 0 Å². The minimum Gasteiger partial charge on any atom is -0.383 e. The number of benzene rings is 1. The smallest absolute Gasteiger partial charge is 0.254 e. The predicted molar refractivity (Wildman–Crippen MR) is 124 cm³/mol. The van der Waals surface area contributed by atoms with Crippen LogP contribution in [0.4, 0.5) is 4.39 Å². The maximum Gasteiger partial charge on any atom is 0.254 e. The number of ether oxygens (including phenoxy) is 1. The zero-order valence-electron chi connectivity index (χ0n) is 19.0. The Kier molecular flexibility index (Phi) is 7.73. The Balaban J connectivity index is 1.99. The highest BCUT2D eigenvalue weighted by Crippen LogP contribution is 2.45. The summed E-state index contributed by atoms with van der Waals surface area (Å²) in [6.45, 7) is 6.55. The minimum atomic E-state index is -0.509. The van der Waals surface area contributed by atoms with Gasteiger partial charge >= 0.3 is 0 Å². The van der Waals surface area contributed by atoms with E-state index in [4.69, 9.17) is 4.74 Å². The molecule has 32 heavy (non-hydrogen) atoms. The van der Waals surface area contributed by atoms with E-state index in [1.54, 1.807) is 31.2 Å². The first kappa shape index (κ1) is 24.0. The molecule has 1 aromatic rings. The Bertz CT molecular complexity index is 972. The van der Waals surface area contributed by atoms with E-state index in [1.807, 2.05) is 31.1 Å². The van der Waals surface area contributed by atoms with Crippen LogP contribution in [-0.2, 0) is 14.3 Å². The molecule has 1 unspecified atom stereocenters. The van der Waals surface area contributed by atoms with Gasteiger partial charge in [-0.15, -0.1) is 0 Å². The topological polar surface area (TPSA) is 74.2 Å². The highest BCUT2D eigenvalue weighted by Gasteiger charge is 2.41. The second kappa shape index (κ2) is 10.3. The van der Waals surface area contributed by atoms with Crippen LogP contribution in [-0.4, -0.2) is 60.1 Å². The molecule has 2 aliphatic heterocycles. The van der Waals surface area contributed by atoms with Crippen LogP contribution in [0.25, 0.3) is 0 Å². The molecule has 1 atom stereocenters. The maximum atomic E-state index is 13.7. The number of amidine groups is 1. The fourth-order valence-electron chi connectivity index (χ4n) is 3.55. The van der Waals surface area contributed by atoms with Gasteiger partial charge in [-0.05, 0) is 43.9 Å². The van der Waals surface area contributed by atoms with Gasteiger partial charge in [0.05, 0.1) is 30.3 Å². The van der Waals surface area contributed by atoms with E-state index in [-0.39, 0.29) is 30.1 Å². The van der Waals surface area contributed by atoms with Gasteiger partial charge in [-0.3, -0.25) is 9.59 Å². The molecule has 0 spiro atoms. The number of aliphatic imine (C=N–C) groups is 1. The van der Waals surface area contributed by atoms with Gasteiger partial charge in [0.25, 0.3) is 5.91 Å². The molecule has 9 heteroatoms. The van der Waals surface area contributed by atoms with Crippen molar-refractivity contribution in [3.8, 4) is 0 Å². The zero-order valence-corrected chi connectivity index (χ0v) is 19.8. The second-order valence-corrected chi connectivity index (χ2v) is 8.81. The number of amides is 2. The van der Waals surface area contributed by atoms with Gasteiger partial charge in [0.1, 0.15) is 5.82 Å². The van der Waals surface area contributed by atoms with Crippen LogP contribution >= 0.6 is 11.8 Å². The SMILES string of the molecule is COCCNC(=O)CC1=CSC2=NC(C)=C(C(=O)N(C)C(C)C)C(c3ccc(F)cc3)N12. The summed E-state index contributed by atoms with van der Waals surface area (Å²) in [6, 6.07) is 5.61. The first-order valence-corrected chi connectivity index (χ1v) is 11.3.